The molecule has 0 unspecified atom stereocenters. The van der Waals surface area contributed by atoms with Gasteiger partial charge >= 0.3 is 0 Å². The standard InChI is InChI=1S/C12H25NO2/c1-5-6-10(2)13-7-11(3)15-12(8-13)9-14-4/h10-12H,5-9H2,1-4H3/t10-,11+,12-/m0/s1. The summed E-state index contributed by atoms with van der Waals surface area (Å²) >= 11 is 0. The van der Waals surface area contributed by atoms with Crippen LogP contribution < -0.4 is 0 Å². The summed E-state index contributed by atoms with van der Waals surface area (Å²) in [5.74, 6) is 0. The van der Waals surface area contributed by atoms with E-state index in [1.165, 1.54) is 12.8 Å². The third kappa shape index (κ3) is 4.09. The predicted octanol–water partition coefficient (Wildman–Crippen LogP) is 1.91. The van der Waals surface area contributed by atoms with Gasteiger partial charge in [0, 0.05) is 26.2 Å². The molecule has 15 heavy (non-hydrogen) atoms. The number of morpholine rings is 1. The molecule has 0 aromatic heterocycles. The van der Waals surface area contributed by atoms with E-state index in [1.807, 2.05) is 0 Å². The highest BCUT2D eigenvalue weighted by Crippen LogP contribution is 2.16. The summed E-state index contributed by atoms with van der Waals surface area (Å²) in [5, 5.41) is 0. The van der Waals surface area contributed by atoms with Gasteiger partial charge in [0.2, 0.25) is 0 Å². The van der Waals surface area contributed by atoms with Crippen molar-refractivity contribution in [2.24, 2.45) is 0 Å². The molecule has 0 aromatic carbocycles. The minimum absolute atomic E-state index is 0.248. The predicted molar refractivity (Wildman–Crippen MR) is 62.2 cm³/mol. The molecule has 1 aliphatic rings. The van der Waals surface area contributed by atoms with Crippen molar-refractivity contribution in [3.63, 3.8) is 0 Å². The molecule has 0 N–H and O–H groups in total. The van der Waals surface area contributed by atoms with E-state index in [2.05, 4.69) is 25.7 Å². The summed E-state index contributed by atoms with van der Waals surface area (Å²) in [6, 6.07) is 0.667. The van der Waals surface area contributed by atoms with Crippen LogP contribution in [0.1, 0.15) is 33.6 Å². The van der Waals surface area contributed by atoms with Crippen LogP contribution in [0, 0.1) is 0 Å². The monoisotopic (exact) mass is 215 g/mol. The van der Waals surface area contributed by atoms with Crippen LogP contribution in [0.25, 0.3) is 0 Å². The van der Waals surface area contributed by atoms with Crippen molar-refractivity contribution in [2.75, 3.05) is 26.8 Å². The zero-order chi connectivity index (χ0) is 11.3. The average Bonchev–Trinajstić information content (AvgIpc) is 2.17. The summed E-state index contributed by atoms with van der Waals surface area (Å²) in [7, 11) is 1.74. The van der Waals surface area contributed by atoms with Crippen LogP contribution >= 0.6 is 0 Å². The van der Waals surface area contributed by atoms with Crippen molar-refractivity contribution < 1.29 is 9.47 Å². The van der Waals surface area contributed by atoms with E-state index in [-0.39, 0.29) is 6.10 Å². The fourth-order valence-electron chi connectivity index (χ4n) is 2.32. The minimum Gasteiger partial charge on any atom is -0.382 e. The molecule has 1 aliphatic heterocycles. The van der Waals surface area contributed by atoms with Crippen LogP contribution in [-0.4, -0.2) is 50.0 Å². The lowest BCUT2D eigenvalue weighted by Gasteiger charge is -2.39. The molecule has 0 aliphatic carbocycles. The first kappa shape index (κ1) is 12.9. The average molecular weight is 215 g/mol. The first-order valence-electron chi connectivity index (χ1n) is 6.05. The highest BCUT2D eigenvalue weighted by atomic mass is 16.5. The first-order chi connectivity index (χ1) is 7.17. The third-order valence-corrected chi connectivity index (χ3v) is 3.04. The van der Waals surface area contributed by atoms with Crippen LogP contribution in [0.15, 0.2) is 0 Å². The van der Waals surface area contributed by atoms with Crippen molar-refractivity contribution >= 4 is 0 Å². The highest BCUT2D eigenvalue weighted by Gasteiger charge is 2.27. The Balaban J connectivity index is 2.43. The number of methoxy groups -OCH3 is 1. The molecule has 0 radical (unpaired) electrons. The summed E-state index contributed by atoms with van der Waals surface area (Å²) in [5.41, 5.74) is 0. The Kier molecular flexibility index (Phi) is 5.58. The Labute approximate surface area is 93.7 Å². The fraction of sp³-hybridized carbons (Fsp3) is 1.00. The largest absolute Gasteiger partial charge is 0.382 e. The van der Waals surface area contributed by atoms with Crippen LogP contribution in [0.3, 0.4) is 0 Å². The van der Waals surface area contributed by atoms with Crippen molar-refractivity contribution in [2.45, 2.75) is 51.9 Å². The molecule has 0 aromatic rings. The van der Waals surface area contributed by atoms with E-state index in [1.54, 1.807) is 7.11 Å². The SMILES string of the molecule is CCC[C@H](C)N1C[C@@H](COC)O[C@H](C)C1. The molecular weight excluding hydrogens is 190 g/mol. The number of hydrogen-bond acceptors (Lipinski definition) is 3. The van der Waals surface area contributed by atoms with E-state index in [4.69, 9.17) is 9.47 Å². The van der Waals surface area contributed by atoms with Crippen molar-refractivity contribution in [3.8, 4) is 0 Å². The third-order valence-electron chi connectivity index (χ3n) is 3.04. The van der Waals surface area contributed by atoms with E-state index < -0.39 is 0 Å². The fourth-order valence-corrected chi connectivity index (χ4v) is 2.32. The molecule has 90 valence electrons. The van der Waals surface area contributed by atoms with Crippen LogP contribution in [0.5, 0.6) is 0 Å². The van der Waals surface area contributed by atoms with E-state index in [0.29, 0.717) is 18.8 Å². The van der Waals surface area contributed by atoms with Gasteiger partial charge in [-0.3, -0.25) is 4.90 Å². The molecule has 1 heterocycles. The molecule has 0 amide bonds. The van der Waals surface area contributed by atoms with E-state index >= 15 is 0 Å². The zero-order valence-electron chi connectivity index (χ0n) is 10.5. The van der Waals surface area contributed by atoms with Gasteiger partial charge in [0.1, 0.15) is 0 Å². The Morgan fingerprint density at radius 1 is 1.47 bits per heavy atom. The van der Waals surface area contributed by atoms with Crippen LogP contribution in [-0.2, 0) is 9.47 Å². The topological polar surface area (TPSA) is 21.7 Å². The maximum atomic E-state index is 5.82. The van der Waals surface area contributed by atoms with Crippen molar-refractivity contribution in [1.82, 2.24) is 4.90 Å². The van der Waals surface area contributed by atoms with Gasteiger partial charge in [-0.2, -0.15) is 0 Å². The minimum atomic E-state index is 0.248. The molecule has 3 atom stereocenters. The second-order valence-corrected chi connectivity index (χ2v) is 4.62. The molecule has 3 nitrogen and oxygen atoms in total. The Hall–Kier alpha value is -0.120. The van der Waals surface area contributed by atoms with Crippen molar-refractivity contribution in [3.05, 3.63) is 0 Å². The van der Waals surface area contributed by atoms with Gasteiger partial charge in [-0.1, -0.05) is 13.3 Å². The summed E-state index contributed by atoms with van der Waals surface area (Å²) in [6.07, 6.45) is 3.10. The highest BCUT2D eigenvalue weighted by molar-refractivity contribution is 4.79. The summed E-state index contributed by atoms with van der Waals surface area (Å²) in [4.78, 5) is 2.53. The van der Waals surface area contributed by atoms with Gasteiger partial charge in [-0.05, 0) is 20.3 Å². The lowest BCUT2D eigenvalue weighted by molar-refractivity contribution is -0.109. The number of rotatable bonds is 5. The zero-order valence-corrected chi connectivity index (χ0v) is 10.5. The van der Waals surface area contributed by atoms with Gasteiger partial charge in [-0.15, -0.1) is 0 Å². The number of hydrogen-bond donors (Lipinski definition) is 0. The van der Waals surface area contributed by atoms with E-state index in [9.17, 15) is 0 Å². The lowest BCUT2D eigenvalue weighted by Crippen LogP contribution is -2.51. The lowest BCUT2D eigenvalue weighted by atomic mass is 10.1. The van der Waals surface area contributed by atoms with Gasteiger partial charge in [0.05, 0.1) is 18.8 Å². The second kappa shape index (κ2) is 6.46. The summed E-state index contributed by atoms with van der Waals surface area (Å²) < 4.78 is 11.0. The van der Waals surface area contributed by atoms with Gasteiger partial charge in [0.25, 0.3) is 0 Å². The smallest absolute Gasteiger partial charge is 0.0939 e. The molecular formula is C12H25NO2. The first-order valence-corrected chi connectivity index (χ1v) is 6.05. The van der Waals surface area contributed by atoms with Crippen LogP contribution in [0.4, 0.5) is 0 Å². The molecule has 3 heteroatoms. The quantitative estimate of drug-likeness (QED) is 0.699. The molecule has 1 fully saturated rings. The van der Waals surface area contributed by atoms with Crippen molar-refractivity contribution in [1.29, 1.82) is 0 Å². The Morgan fingerprint density at radius 3 is 2.80 bits per heavy atom. The Morgan fingerprint density at radius 2 is 2.20 bits per heavy atom. The maximum absolute atomic E-state index is 5.82. The Bertz CT molecular complexity index is 175. The van der Waals surface area contributed by atoms with Gasteiger partial charge in [-0.25, -0.2) is 0 Å². The molecule has 0 saturated carbocycles. The normalized spacial score (nSPS) is 30.4. The number of nitrogens with zero attached hydrogens (tertiary/aromatic N) is 1. The maximum Gasteiger partial charge on any atom is 0.0939 e. The van der Waals surface area contributed by atoms with Crippen LogP contribution in [0.2, 0.25) is 0 Å². The van der Waals surface area contributed by atoms with Gasteiger partial charge in [0.15, 0.2) is 0 Å². The van der Waals surface area contributed by atoms with E-state index in [0.717, 1.165) is 13.1 Å². The molecule has 0 spiro atoms. The second-order valence-electron chi connectivity index (χ2n) is 4.62. The molecule has 1 saturated heterocycles. The van der Waals surface area contributed by atoms with Gasteiger partial charge < -0.3 is 9.47 Å². The summed E-state index contributed by atoms with van der Waals surface area (Å²) in [6.45, 7) is 9.48. The number of ether oxygens (including phenoxy) is 2. The molecule has 0 bridgehead atoms. The molecule has 1 rings (SSSR count).